The number of anilines is 3. The topological polar surface area (TPSA) is 57.7 Å². The Morgan fingerprint density at radius 1 is 0.963 bits per heavy atom. The Balaban J connectivity index is 1.51. The first kappa shape index (κ1) is 17.8. The van der Waals surface area contributed by atoms with Crippen molar-refractivity contribution in [2.75, 3.05) is 54.5 Å². The summed E-state index contributed by atoms with van der Waals surface area (Å²) in [4.78, 5) is 22.0. The van der Waals surface area contributed by atoms with Crippen molar-refractivity contribution < 1.29 is 9.53 Å². The molecule has 1 amide bonds. The van der Waals surface area contributed by atoms with Crippen molar-refractivity contribution in [2.45, 2.75) is 19.3 Å². The first-order valence-corrected chi connectivity index (χ1v) is 9.75. The van der Waals surface area contributed by atoms with Crippen LogP contribution in [-0.4, -0.2) is 50.3 Å². The number of piperidine rings is 1. The van der Waals surface area contributed by atoms with E-state index in [2.05, 4.69) is 26.2 Å². The van der Waals surface area contributed by atoms with E-state index < -0.39 is 0 Å². The molecule has 2 fully saturated rings. The summed E-state index contributed by atoms with van der Waals surface area (Å²) in [5.74, 6) is 0.682. The largest absolute Gasteiger partial charge is 0.378 e. The molecule has 142 valence electrons. The van der Waals surface area contributed by atoms with Gasteiger partial charge in [-0.3, -0.25) is 4.79 Å². The van der Waals surface area contributed by atoms with E-state index in [1.165, 1.54) is 6.42 Å². The molecule has 1 N–H and O–H groups in total. The molecule has 0 spiro atoms. The van der Waals surface area contributed by atoms with Gasteiger partial charge >= 0.3 is 0 Å². The van der Waals surface area contributed by atoms with Gasteiger partial charge in [0.25, 0.3) is 5.91 Å². The molecule has 2 aliphatic rings. The number of nitrogens with zero attached hydrogens (tertiary/aromatic N) is 3. The van der Waals surface area contributed by atoms with Crippen molar-refractivity contribution in [1.29, 1.82) is 0 Å². The number of pyridine rings is 1. The van der Waals surface area contributed by atoms with Gasteiger partial charge in [0.15, 0.2) is 0 Å². The van der Waals surface area contributed by atoms with E-state index in [0.29, 0.717) is 5.56 Å². The molecule has 2 aromatic rings. The molecule has 6 heteroatoms. The van der Waals surface area contributed by atoms with Crippen molar-refractivity contribution in [2.24, 2.45) is 0 Å². The number of hydrogen-bond acceptors (Lipinski definition) is 5. The first-order valence-electron chi connectivity index (χ1n) is 9.75. The third kappa shape index (κ3) is 4.22. The smallest absolute Gasteiger partial charge is 0.259 e. The Labute approximate surface area is 160 Å². The standard InChI is InChI=1S/C21H26N4O2/c26-21(19-8-5-9-22-20(19)25-10-2-1-3-11-25)23-17-6-4-7-18(16-17)24-12-14-27-15-13-24/h4-9,16H,1-3,10-15H2,(H,23,26). The number of hydrogen-bond donors (Lipinski definition) is 1. The summed E-state index contributed by atoms with van der Waals surface area (Å²) in [5, 5.41) is 3.05. The maximum Gasteiger partial charge on any atom is 0.259 e. The normalized spacial score (nSPS) is 17.6. The fourth-order valence-corrected chi connectivity index (χ4v) is 3.73. The van der Waals surface area contributed by atoms with Gasteiger partial charge < -0.3 is 19.9 Å². The molecule has 0 saturated carbocycles. The van der Waals surface area contributed by atoms with Gasteiger partial charge in [-0.05, 0) is 49.6 Å². The van der Waals surface area contributed by atoms with Crippen molar-refractivity contribution in [3.05, 3.63) is 48.2 Å². The number of carbonyl (C=O) groups excluding carboxylic acids is 1. The van der Waals surface area contributed by atoms with Crippen LogP contribution in [0.1, 0.15) is 29.6 Å². The van der Waals surface area contributed by atoms with Crippen LogP contribution in [0.25, 0.3) is 0 Å². The van der Waals surface area contributed by atoms with Gasteiger partial charge in [0, 0.05) is 43.8 Å². The summed E-state index contributed by atoms with van der Waals surface area (Å²) in [6.45, 7) is 5.16. The number of amides is 1. The number of ether oxygens (including phenoxy) is 1. The average molecular weight is 366 g/mol. The summed E-state index contributed by atoms with van der Waals surface area (Å²) in [6, 6.07) is 11.7. The van der Waals surface area contributed by atoms with Gasteiger partial charge in [-0.15, -0.1) is 0 Å². The number of rotatable bonds is 4. The second kappa shape index (κ2) is 8.39. The lowest BCUT2D eigenvalue weighted by atomic mass is 10.1. The third-order valence-electron chi connectivity index (χ3n) is 5.17. The molecule has 0 atom stereocenters. The zero-order valence-corrected chi connectivity index (χ0v) is 15.6. The van der Waals surface area contributed by atoms with Crippen molar-refractivity contribution in [3.8, 4) is 0 Å². The van der Waals surface area contributed by atoms with Crippen LogP contribution in [0.2, 0.25) is 0 Å². The highest BCUT2D eigenvalue weighted by Crippen LogP contribution is 2.24. The van der Waals surface area contributed by atoms with Crippen LogP contribution in [0.3, 0.4) is 0 Å². The lowest BCUT2D eigenvalue weighted by Crippen LogP contribution is -2.36. The molecule has 1 aromatic carbocycles. The zero-order chi connectivity index (χ0) is 18.5. The maximum atomic E-state index is 13.0. The second-order valence-corrected chi connectivity index (χ2v) is 7.03. The molecule has 0 bridgehead atoms. The third-order valence-corrected chi connectivity index (χ3v) is 5.17. The second-order valence-electron chi connectivity index (χ2n) is 7.03. The van der Waals surface area contributed by atoms with Crippen LogP contribution in [0.5, 0.6) is 0 Å². The number of carbonyl (C=O) groups is 1. The summed E-state index contributed by atoms with van der Waals surface area (Å²) in [6.07, 6.45) is 5.32. The van der Waals surface area contributed by atoms with Gasteiger partial charge in [0.05, 0.1) is 18.8 Å². The van der Waals surface area contributed by atoms with Crippen LogP contribution in [-0.2, 0) is 4.74 Å². The summed E-state index contributed by atoms with van der Waals surface area (Å²) in [7, 11) is 0. The summed E-state index contributed by atoms with van der Waals surface area (Å²) >= 11 is 0. The first-order chi connectivity index (χ1) is 13.3. The van der Waals surface area contributed by atoms with E-state index in [-0.39, 0.29) is 5.91 Å². The summed E-state index contributed by atoms with van der Waals surface area (Å²) in [5.41, 5.74) is 2.55. The van der Waals surface area contributed by atoms with Crippen molar-refractivity contribution in [3.63, 3.8) is 0 Å². The van der Waals surface area contributed by atoms with Crippen molar-refractivity contribution >= 4 is 23.1 Å². The fraction of sp³-hybridized carbons (Fsp3) is 0.429. The van der Waals surface area contributed by atoms with E-state index in [1.807, 2.05) is 30.3 Å². The van der Waals surface area contributed by atoms with E-state index in [0.717, 1.165) is 69.4 Å². The van der Waals surface area contributed by atoms with Crippen LogP contribution >= 0.6 is 0 Å². The quantitative estimate of drug-likeness (QED) is 0.901. The Hall–Kier alpha value is -2.60. The van der Waals surface area contributed by atoms with E-state index in [4.69, 9.17) is 4.74 Å². The highest BCUT2D eigenvalue weighted by molar-refractivity contribution is 6.07. The molecule has 6 nitrogen and oxygen atoms in total. The minimum atomic E-state index is -0.109. The Morgan fingerprint density at radius 3 is 2.59 bits per heavy atom. The molecule has 2 saturated heterocycles. The molecule has 0 unspecified atom stereocenters. The average Bonchev–Trinajstić information content (AvgIpc) is 2.75. The minimum Gasteiger partial charge on any atom is -0.378 e. The molecular weight excluding hydrogens is 340 g/mol. The predicted octanol–water partition coefficient (Wildman–Crippen LogP) is 3.16. The van der Waals surface area contributed by atoms with E-state index >= 15 is 0 Å². The Kier molecular flexibility index (Phi) is 5.53. The van der Waals surface area contributed by atoms with Crippen LogP contribution in [0.4, 0.5) is 17.2 Å². The Morgan fingerprint density at radius 2 is 1.78 bits per heavy atom. The molecular formula is C21H26N4O2. The zero-order valence-electron chi connectivity index (χ0n) is 15.6. The molecule has 1 aromatic heterocycles. The number of nitrogens with one attached hydrogen (secondary N) is 1. The number of morpholine rings is 1. The highest BCUT2D eigenvalue weighted by Gasteiger charge is 2.20. The van der Waals surface area contributed by atoms with Crippen LogP contribution < -0.4 is 15.1 Å². The summed E-state index contributed by atoms with van der Waals surface area (Å²) < 4.78 is 5.42. The van der Waals surface area contributed by atoms with Gasteiger partial charge in [-0.1, -0.05) is 6.07 Å². The van der Waals surface area contributed by atoms with Crippen LogP contribution in [0, 0.1) is 0 Å². The molecule has 27 heavy (non-hydrogen) atoms. The molecule has 0 radical (unpaired) electrons. The monoisotopic (exact) mass is 366 g/mol. The molecule has 4 rings (SSSR count). The van der Waals surface area contributed by atoms with E-state index in [9.17, 15) is 4.79 Å². The number of aromatic nitrogens is 1. The fourth-order valence-electron chi connectivity index (χ4n) is 3.73. The molecule has 0 aliphatic carbocycles. The lowest BCUT2D eigenvalue weighted by Gasteiger charge is -2.29. The van der Waals surface area contributed by atoms with Gasteiger partial charge in [-0.25, -0.2) is 4.98 Å². The lowest BCUT2D eigenvalue weighted by molar-refractivity contribution is 0.102. The molecule has 3 heterocycles. The maximum absolute atomic E-state index is 13.0. The van der Waals surface area contributed by atoms with Crippen LogP contribution in [0.15, 0.2) is 42.6 Å². The minimum absolute atomic E-state index is 0.109. The van der Waals surface area contributed by atoms with Crippen molar-refractivity contribution in [1.82, 2.24) is 4.98 Å². The predicted molar refractivity (Wildman–Crippen MR) is 108 cm³/mol. The SMILES string of the molecule is O=C(Nc1cccc(N2CCOCC2)c1)c1cccnc1N1CCCCC1. The number of benzene rings is 1. The van der Waals surface area contributed by atoms with Gasteiger partial charge in [0.1, 0.15) is 5.82 Å². The van der Waals surface area contributed by atoms with Gasteiger partial charge in [-0.2, -0.15) is 0 Å². The molecule has 2 aliphatic heterocycles. The van der Waals surface area contributed by atoms with Gasteiger partial charge in [0.2, 0.25) is 0 Å². The Bertz CT molecular complexity index is 783. The van der Waals surface area contributed by atoms with E-state index in [1.54, 1.807) is 6.20 Å². The highest BCUT2D eigenvalue weighted by atomic mass is 16.5.